The lowest BCUT2D eigenvalue weighted by Gasteiger charge is -2.08. The van der Waals surface area contributed by atoms with Crippen molar-refractivity contribution in [3.8, 4) is 0 Å². The molecule has 102 valence electrons. The molecule has 2 rings (SSSR count). The van der Waals surface area contributed by atoms with Crippen LogP contribution in [0, 0.1) is 11.3 Å². The van der Waals surface area contributed by atoms with E-state index in [0.29, 0.717) is 5.41 Å². The Bertz CT molecular complexity index is 423. The summed E-state index contributed by atoms with van der Waals surface area (Å²) in [7, 11) is 0. The molecule has 0 aromatic carbocycles. The first-order chi connectivity index (χ1) is 8.49. The van der Waals surface area contributed by atoms with E-state index in [0.717, 1.165) is 48.4 Å². The van der Waals surface area contributed by atoms with Crippen LogP contribution in [0.25, 0.3) is 0 Å². The number of rotatable bonds is 6. The van der Waals surface area contributed by atoms with E-state index in [9.17, 15) is 0 Å². The van der Waals surface area contributed by atoms with Crippen molar-refractivity contribution >= 4 is 11.6 Å². The van der Waals surface area contributed by atoms with Crippen molar-refractivity contribution < 1.29 is 0 Å². The molecule has 1 aliphatic carbocycles. The Labute approximate surface area is 115 Å². The summed E-state index contributed by atoms with van der Waals surface area (Å²) in [6, 6.07) is 0. The molecular weight excluding hydrogens is 246 g/mol. The van der Waals surface area contributed by atoms with E-state index >= 15 is 0 Å². The van der Waals surface area contributed by atoms with E-state index in [1.54, 1.807) is 0 Å². The highest BCUT2D eigenvalue weighted by atomic mass is 35.5. The maximum Gasteiger partial charge on any atom is 0.0863 e. The van der Waals surface area contributed by atoms with Crippen LogP contribution in [-0.2, 0) is 19.5 Å². The van der Waals surface area contributed by atoms with Crippen molar-refractivity contribution in [1.29, 1.82) is 0 Å². The number of hydrogen-bond donors (Lipinski definition) is 1. The van der Waals surface area contributed by atoms with Gasteiger partial charge in [0.05, 0.1) is 16.4 Å². The first-order valence-corrected chi connectivity index (χ1v) is 7.32. The molecule has 18 heavy (non-hydrogen) atoms. The minimum atomic E-state index is 0.538. The monoisotopic (exact) mass is 269 g/mol. The highest BCUT2D eigenvalue weighted by molar-refractivity contribution is 6.31. The Balaban J connectivity index is 1.94. The molecule has 0 radical (unpaired) electrons. The first-order valence-electron chi connectivity index (χ1n) is 6.94. The molecule has 1 aromatic heterocycles. The second kappa shape index (κ2) is 5.22. The lowest BCUT2D eigenvalue weighted by atomic mass is 10.1. The van der Waals surface area contributed by atoms with Gasteiger partial charge in [0, 0.05) is 13.1 Å². The van der Waals surface area contributed by atoms with Gasteiger partial charge in [0.25, 0.3) is 0 Å². The largest absolute Gasteiger partial charge is 0.311 e. The molecule has 0 saturated heterocycles. The summed E-state index contributed by atoms with van der Waals surface area (Å²) in [6.07, 6.45) is 2.23. The number of nitrogens with zero attached hydrogens (tertiary/aromatic N) is 2. The fourth-order valence-corrected chi connectivity index (χ4v) is 2.81. The van der Waals surface area contributed by atoms with E-state index in [1.165, 1.54) is 6.42 Å². The zero-order valence-corrected chi connectivity index (χ0v) is 12.6. The molecule has 0 bridgehead atoms. The van der Waals surface area contributed by atoms with Crippen LogP contribution >= 0.6 is 11.6 Å². The Morgan fingerprint density at radius 2 is 2.11 bits per heavy atom. The molecule has 1 N–H and O–H groups in total. The van der Waals surface area contributed by atoms with E-state index in [4.69, 9.17) is 11.6 Å². The molecule has 1 fully saturated rings. The van der Waals surface area contributed by atoms with E-state index in [-0.39, 0.29) is 0 Å². The van der Waals surface area contributed by atoms with Crippen molar-refractivity contribution in [2.75, 3.05) is 6.54 Å². The number of nitrogens with one attached hydrogen (secondary N) is 1. The van der Waals surface area contributed by atoms with E-state index < -0.39 is 0 Å². The first kappa shape index (κ1) is 13.9. The van der Waals surface area contributed by atoms with Gasteiger partial charge in [-0.1, -0.05) is 32.4 Å². The third-order valence-electron chi connectivity index (χ3n) is 4.09. The van der Waals surface area contributed by atoms with Gasteiger partial charge in [-0.15, -0.1) is 0 Å². The smallest absolute Gasteiger partial charge is 0.0863 e. The molecule has 1 aromatic rings. The van der Waals surface area contributed by atoms with Gasteiger partial charge in [-0.3, -0.25) is 4.68 Å². The topological polar surface area (TPSA) is 29.9 Å². The minimum absolute atomic E-state index is 0.538. The SMILES string of the molecule is CCc1nn(CC)c(CNCC2CC2(C)C)c1Cl. The highest BCUT2D eigenvalue weighted by Gasteiger charge is 2.44. The molecule has 0 spiro atoms. The molecule has 1 unspecified atom stereocenters. The molecule has 0 amide bonds. The van der Waals surface area contributed by atoms with Crippen LogP contribution in [0.3, 0.4) is 0 Å². The lowest BCUT2D eigenvalue weighted by Crippen LogP contribution is -2.20. The molecule has 4 heteroatoms. The summed E-state index contributed by atoms with van der Waals surface area (Å²) >= 11 is 6.37. The second-order valence-electron chi connectivity index (χ2n) is 5.90. The summed E-state index contributed by atoms with van der Waals surface area (Å²) in [6.45, 7) is 11.7. The molecule has 1 heterocycles. The van der Waals surface area contributed by atoms with Crippen molar-refractivity contribution in [2.24, 2.45) is 11.3 Å². The van der Waals surface area contributed by atoms with Gasteiger partial charge in [-0.05, 0) is 37.6 Å². The van der Waals surface area contributed by atoms with Crippen LogP contribution in [0.4, 0.5) is 0 Å². The Morgan fingerprint density at radius 3 is 2.61 bits per heavy atom. The van der Waals surface area contributed by atoms with Crippen molar-refractivity contribution in [1.82, 2.24) is 15.1 Å². The van der Waals surface area contributed by atoms with Gasteiger partial charge in [0.15, 0.2) is 0 Å². The lowest BCUT2D eigenvalue weighted by molar-refractivity contribution is 0.506. The van der Waals surface area contributed by atoms with E-state index in [2.05, 4.69) is 38.1 Å². The third-order valence-corrected chi connectivity index (χ3v) is 4.53. The molecular formula is C14H24ClN3. The maximum absolute atomic E-state index is 6.37. The van der Waals surface area contributed by atoms with Gasteiger partial charge in [0.2, 0.25) is 0 Å². The van der Waals surface area contributed by atoms with E-state index in [1.807, 2.05) is 4.68 Å². The normalized spacial score (nSPS) is 21.3. The summed E-state index contributed by atoms with van der Waals surface area (Å²) < 4.78 is 2.02. The van der Waals surface area contributed by atoms with Crippen LogP contribution in [0.2, 0.25) is 5.02 Å². The Morgan fingerprint density at radius 1 is 1.44 bits per heavy atom. The average Bonchev–Trinajstić information content (AvgIpc) is 2.81. The third kappa shape index (κ3) is 2.72. The molecule has 1 atom stereocenters. The summed E-state index contributed by atoms with van der Waals surface area (Å²) in [5, 5.41) is 8.91. The summed E-state index contributed by atoms with van der Waals surface area (Å²) in [5.41, 5.74) is 2.69. The predicted octanol–water partition coefficient (Wildman–Crippen LogP) is 3.25. The van der Waals surface area contributed by atoms with Crippen LogP contribution in [-0.4, -0.2) is 16.3 Å². The zero-order valence-electron chi connectivity index (χ0n) is 11.9. The van der Waals surface area contributed by atoms with Gasteiger partial charge >= 0.3 is 0 Å². The molecule has 1 aliphatic rings. The van der Waals surface area contributed by atoms with Crippen molar-refractivity contribution in [3.63, 3.8) is 0 Å². The van der Waals surface area contributed by atoms with Crippen LogP contribution < -0.4 is 5.32 Å². The van der Waals surface area contributed by atoms with Gasteiger partial charge in [-0.2, -0.15) is 5.10 Å². The molecule has 3 nitrogen and oxygen atoms in total. The van der Waals surface area contributed by atoms with Crippen LogP contribution in [0.1, 0.15) is 45.5 Å². The number of hydrogen-bond acceptors (Lipinski definition) is 2. The fourth-order valence-electron chi connectivity index (χ4n) is 2.48. The Kier molecular flexibility index (Phi) is 4.02. The maximum atomic E-state index is 6.37. The Hall–Kier alpha value is -0.540. The second-order valence-corrected chi connectivity index (χ2v) is 6.28. The number of halogens is 1. The summed E-state index contributed by atoms with van der Waals surface area (Å²) in [5.74, 6) is 0.819. The zero-order chi connectivity index (χ0) is 13.3. The quantitative estimate of drug-likeness (QED) is 0.859. The number of aromatic nitrogens is 2. The van der Waals surface area contributed by atoms with Crippen molar-refractivity contribution in [2.45, 2.75) is 53.6 Å². The van der Waals surface area contributed by atoms with Gasteiger partial charge in [-0.25, -0.2) is 0 Å². The van der Waals surface area contributed by atoms with Crippen molar-refractivity contribution in [3.05, 3.63) is 16.4 Å². The standard InChI is InChI=1S/C14H24ClN3/c1-5-11-13(15)12(18(6-2)17-11)9-16-8-10-7-14(10,3)4/h10,16H,5-9H2,1-4H3. The average molecular weight is 270 g/mol. The van der Waals surface area contributed by atoms with Gasteiger partial charge in [0.1, 0.15) is 0 Å². The van der Waals surface area contributed by atoms with Gasteiger partial charge < -0.3 is 5.32 Å². The van der Waals surface area contributed by atoms with Crippen LogP contribution in [0.5, 0.6) is 0 Å². The molecule has 0 aliphatic heterocycles. The fraction of sp³-hybridized carbons (Fsp3) is 0.786. The predicted molar refractivity (Wildman–Crippen MR) is 75.9 cm³/mol. The minimum Gasteiger partial charge on any atom is -0.311 e. The van der Waals surface area contributed by atoms with Crippen LogP contribution in [0.15, 0.2) is 0 Å². The highest BCUT2D eigenvalue weighted by Crippen LogP contribution is 2.51. The number of aryl methyl sites for hydroxylation is 2. The molecule has 1 saturated carbocycles. The summed E-state index contributed by atoms with van der Waals surface area (Å²) in [4.78, 5) is 0.